The Hall–Kier alpha value is -3.38. The second-order valence-corrected chi connectivity index (χ2v) is 8.49. The smallest absolute Gasteiger partial charge is 0.257 e. The molecule has 0 aliphatic rings. The van der Waals surface area contributed by atoms with Crippen LogP contribution in [0.4, 0.5) is 5.69 Å². The summed E-state index contributed by atoms with van der Waals surface area (Å²) in [6, 6.07) is 24.7. The third kappa shape index (κ3) is 8.58. The number of amides is 1. The minimum absolute atomic E-state index is 0.217. The van der Waals surface area contributed by atoms with Crippen LogP contribution in [0, 0.1) is 5.92 Å². The Morgan fingerprint density at radius 3 is 2.33 bits per heavy atom. The zero-order chi connectivity index (χ0) is 23.5. The van der Waals surface area contributed by atoms with Crippen LogP contribution in [0.15, 0.2) is 78.9 Å². The molecule has 0 aliphatic heterocycles. The molecular formula is C27H30N2O3S. The van der Waals surface area contributed by atoms with Gasteiger partial charge in [-0.3, -0.25) is 10.1 Å². The van der Waals surface area contributed by atoms with Gasteiger partial charge in [0.15, 0.2) is 5.11 Å². The summed E-state index contributed by atoms with van der Waals surface area (Å²) in [5, 5.41) is 5.97. The molecule has 172 valence electrons. The van der Waals surface area contributed by atoms with E-state index in [1.54, 1.807) is 18.2 Å². The molecule has 0 saturated carbocycles. The number of hydrogen-bond donors (Lipinski definition) is 2. The standard InChI is InChI=1S/C27H30N2O3S/c1-20(2)14-16-31-25-13-7-11-23(19-25)28-27(33)29-26(30)22-10-6-12-24(18-22)32-17-15-21-8-4-3-5-9-21/h3-13,18-20H,14-17H2,1-2H3,(H2,28,29,30,33). The molecular weight excluding hydrogens is 432 g/mol. The van der Waals surface area contributed by atoms with E-state index in [2.05, 4.69) is 36.6 Å². The average molecular weight is 463 g/mol. The minimum Gasteiger partial charge on any atom is -0.494 e. The predicted octanol–water partition coefficient (Wildman–Crippen LogP) is 5.86. The maximum atomic E-state index is 12.6. The first-order valence-electron chi connectivity index (χ1n) is 11.1. The second kappa shape index (κ2) is 12.6. The summed E-state index contributed by atoms with van der Waals surface area (Å²) in [5.41, 5.74) is 2.43. The van der Waals surface area contributed by atoms with E-state index in [1.165, 1.54) is 5.56 Å². The maximum absolute atomic E-state index is 12.6. The summed E-state index contributed by atoms with van der Waals surface area (Å²) in [6.07, 6.45) is 1.78. The van der Waals surface area contributed by atoms with Crippen LogP contribution in [0.2, 0.25) is 0 Å². The lowest BCUT2D eigenvalue weighted by Gasteiger charge is -2.12. The SMILES string of the molecule is CC(C)CCOc1cccc(NC(=S)NC(=O)c2cccc(OCCc3ccccc3)c2)c1. The lowest BCUT2D eigenvalue weighted by atomic mass is 10.1. The summed E-state index contributed by atoms with van der Waals surface area (Å²) in [6.45, 7) is 5.51. The Morgan fingerprint density at radius 1 is 0.879 bits per heavy atom. The molecule has 0 saturated heterocycles. The van der Waals surface area contributed by atoms with Crippen molar-refractivity contribution in [1.29, 1.82) is 0 Å². The summed E-state index contributed by atoms with van der Waals surface area (Å²) in [4.78, 5) is 12.6. The molecule has 3 aromatic rings. The van der Waals surface area contributed by atoms with Crippen LogP contribution in [-0.2, 0) is 6.42 Å². The first-order chi connectivity index (χ1) is 16.0. The highest BCUT2D eigenvalue weighted by molar-refractivity contribution is 7.80. The van der Waals surface area contributed by atoms with Crippen molar-refractivity contribution in [2.24, 2.45) is 5.92 Å². The number of ether oxygens (including phenoxy) is 2. The normalized spacial score (nSPS) is 10.5. The zero-order valence-electron chi connectivity index (χ0n) is 19.0. The third-order valence-electron chi connectivity index (χ3n) is 4.88. The van der Waals surface area contributed by atoms with Crippen molar-refractivity contribution in [3.8, 4) is 11.5 Å². The van der Waals surface area contributed by atoms with E-state index in [4.69, 9.17) is 21.7 Å². The van der Waals surface area contributed by atoms with Crippen molar-refractivity contribution in [2.45, 2.75) is 26.7 Å². The first-order valence-corrected chi connectivity index (χ1v) is 11.5. The Kier molecular flexibility index (Phi) is 9.27. The van der Waals surface area contributed by atoms with Gasteiger partial charge in [0.25, 0.3) is 5.91 Å². The summed E-state index contributed by atoms with van der Waals surface area (Å²) in [7, 11) is 0. The molecule has 0 atom stereocenters. The molecule has 0 radical (unpaired) electrons. The van der Waals surface area contributed by atoms with Crippen LogP contribution >= 0.6 is 12.2 Å². The molecule has 0 aromatic heterocycles. The van der Waals surface area contributed by atoms with E-state index < -0.39 is 0 Å². The molecule has 0 unspecified atom stereocenters. The molecule has 0 spiro atoms. The van der Waals surface area contributed by atoms with Crippen LogP contribution in [-0.4, -0.2) is 24.2 Å². The predicted molar refractivity (Wildman–Crippen MR) is 137 cm³/mol. The summed E-state index contributed by atoms with van der Waals surface area (Å²) in [5.74, 6) is 1.69. The van der Waals surface area contributed by atoms with Crippen molar-refractivity contribution in [3.05, 3.63) is 90.0 Å². The van der Waals surface area contributed by atoms with E-state index in [-0.39, 0.29) is 11.0 Å². The van der Waals surface area contributed by atoms with Crippen molar-refractivity contribution < 1.29 is 14.3 Å². The van der Waals surface area contributed by atoms with Gasteiger partial charge in [-0.25, -0.2) is 0 Å². The van der Waals surface area contributed by atoms with E-state index >= 15 is 0 Å². The van der Waals surface area contributed by atoms with Gasteiger partial charge in [0.2, 0.25) is 0 Å². The fraction of sp³-hybridized carbons (Fsp3) is 0.259. The van der Waals surface area contributed by atoms with E-state index in [0.717, 1.165) is 24.3 Å². The second-order valence-electron chi connectivity index (χ2n) is 8.08. The summed E-state index contributed by atoms with van der Waals surface area (Å²) >= 11 is 5.32. The number of thiocarbonyl (C=S) groups is 1. The van der Waals surface area contributed by atoms with E-state index in [1.807, 2.05) is 48.5 Å². The molecule has 6 heteroatoms. The first kappa shape index (κ1) is 24.3. The number of benzene rings is 3. The third-order valence-corrected chi connectivity index (χ3v) is 5.09. The number of anilines is 1. The van der Waals surface area contributed by atoms with Gasteiger partial charge in [0.05, 0.1) is 13.2 Å². The van der Waals surface area contributed by atoms with Gasteiger partial charge in [-0.2, -0.15) is 0 Å². The van der Waals surface area contributed by atoms with E-state index in [9.17, 15) is 4.79 Å². The average Bonchev–Trinajstić information content (AvgIpc) is 2.80. The van der Waals surface area contributed by atoms with Gasteiger partial charge in [0.1, 0.15) is 11.5 Å². The monoisotopic (exact) mass is 462 g/mol. The van der Waals surface area contributed by atoms with Crippen molar-refractivity contribution in [3.63, 3.8) is 0 Å². The van der Waals surface area contributed by atoms with Crippen LogP contribution in [0.1, 0.15) is 36.2 Å². The van der Waals surface area contributed by atoms with E-state index in [0.29, 0.717) is 30.4 Å². The highest BCUT2D eigenvalue weighted by atomic mass is 32.1. The number of rotatable bonds is 10. The van der Waals surface area contributed by atoms with Gasteiger partial charge in [-0.15, -0.1) is 0 Å². The molecule has 2 N–H and O–H groups in total. The number of nitrogens with one attached hydrogen (secondary N) is 2. The molecule has 5 nitrogen and oxygen atoms in total. The quantitative estimate of drug-likeness (QED) is 0.370. The number of carbonyl (C=O) groups excluding carboxylic acids is 1. The van der Waals surface area contributed by atoms with Crippen molar-refractivity contribution >= 4 is 28.9 Å². The maximum Gasteiger partial charge on any atom is 0.257 e. The van der Waals surface area contributed by atoms with Gasteiger partial charge in [0, 0.05) is 23.7 Å². The largest absolute Gasteiger partial charge is 0.494 e. The van der Waals surface area contributed by atoms with Crippen LogP contribution < -0.4 is 20.1 Å². The highest BCUT2D eigenvalue weighted by Gasteiger charge is 2.10. The van der Waals surface area contributed by atoms with Gasteiger partial charge >= 0.3 is 0 Å². The van der Waals surface area contributed by atoms with Crippen molar-refractivity contribution in [1.82, 2.24) is 5.32 Å². The Morgan fingerprint density at radius 2 is 1.58 bits per heavy atom. The molecule has 1 amide bonds. The summed E-state index contributed by atoms with van der Waals surface area (Å²) < 4.78 is 11.6. The van der Waals surface area contributed by atoms with Crippen LogP contribution in [0.25, 0.3) is 0 Å². The molecule has 0 aliphatic carbocycles. The Balaban J connectivity index is 1.49. The molecule has 3 rings (SSSR count). The topological polar surface area (TPSA) is 59.6 Å². The van der Waals surface area contributed by atoms with Gasteiger partial charge < -0.3 is 14.8 Å². The zero-order valence-corrected chi connectivity index (χ0v) is 19.9. The van der Waals surface area contributed by atoms with Gasteiger partial charge in [-0.1, -0.05) is 56.3 Å². The number of hydrogen-bond acceptors (Lipinski definition) is 4. The van der Waals surface area contributed by atoms with Gasteiger partial charge in [-0.05, 0) is 60.5 Å². The molecule has 3 aromatic carbocycles. The molecule has 0 heterocycles. The molecule has 0 bridgehead atoms. The highest BCUT2D eigenvalue weighted by Crippen LogP contribution is 2.18. The lowest BCUT2D eigenvalue weighted by molar-refractivity contribution is 0.0977. The number of carbonyl (C=O) groups is 1. The fourth-order valence-electron chi connectivity index (χ4n) is 3.07. The van der Waals surface area contributed by atoms with Crippen molar-refractivity contribution in [2.75, 3.05) is 18.5 Å². The Labute approximate surface area is 201 Å². The van der Waals surface area contributed by atoms with Crippen LogP contribution in [0.5, 0.6) is 11.5 Å². The fourth-order valence-corrected chi connectivity index (χ4v) is 3.28. The molecule has 33 heavy (non-hydrogen) atoms. The Bertz CT molecular complexity index is 1050. The lowest BCUT2D eigenvalue weighted by Crippen LogP contribution is -2.34. The van der Waals surface area contributed by atoms with Crippen LogP contribution in [0.3, 0.4) is 0 Å². The minimum atomic E-state index is -0.301. The molecule has 0 fully saturated rings.